The number of benzene rings is 1. The highest BCUT2D eigenvalue weighted by atomic mass is 16.2. The Morgan fingerprint density at radius 3 is 2.54 bits per heavy atom. The number of carbonyl (C=O) groups is 1. The Bertz CT molecular complexity index is 314. The van der Waals surface area contributed by atoms with E-state index in [0.717, 1.165) is 5.56 Å². The van der Waals surface area contributed by atoms with Crippen LogP contribution in [-0.4, -0.2) is 12.1 Å². The van der Waals surface area contributed by atoms with Gasteiger partial charge in [-0.2, -0.15) is 5.10 Å². The first-order valence-corrected chi connectivity index (χ1v) is 4.05. The molecule has 0 aliphatic rings. The summed E-state index contributed by atoms with van der Waals surface area (Å²) in [5.41, 5.74) is 4.52. The molecule has 1 amide bonds. The molecule has 0 fully saturated rings. The lowest BCUT2D eigenvalue weighted by Crippen LogP contribution is -2.12. The molecule has 0 atom stereocenters. The molecule has 68 valence electrons. The maximum absolute atomic E-state index is 10.5. The quantitative estimate of drug-likeness (QED) is 0.538. The van der Waals surface area contributed by atoms with Crippen molar-refractivity contribution in [3.8, 4) is 0 Å². The molecule has 0 aliphatic carbocycles. The Morgan fingerprint density at radius 2 is 2.00 bits per heavy atom. The first-order chi connectivity index (χ1) is 6.18. The first kappa shape index (κ1) is 9.45. The standard InChI is InChI=1S/C10H12N2O/c1-8-3-5-10(6-4-8)7-11-12-9(2)13/h3-7H,1-2H3,(H,12,13)/b11-7+. The van der Waals surface area contributed by atoms with Crippen LogP contribution in [0.1, 0.15) is 18.1 Å². The summed E-state index contributed by atoms with van der Waals surface area (Å²) < 4.78 is 0. The van der Waals surface area contributed by atoms with Crippen LogP contribution in [-0.2, 0) is 4.79 Å². The van der Waals surface area contributed by atoms with Crippen molar-refractivity contribution < 1.29 is 4.79 Å². The zero-order chi connectivity index (χ0) is 9.68. The van der Waals surface area contributed by atoms with Gasteiger partial charge in [0.1, 0.15) is 0 Å². The molecule has 0 unspecified atom stereocenters. The van der Waals surface area contributed by atoms with E-state index in [4.69, 9.17) is 0 Å². The van der Waals surface area contributed by atoms with Gasteiger partial charge in [0.2, 0.25) is 5.91 Å². The molecular weight excluding hydrogens is 164 g/mol. The SMILES string of the molecule is CC(=O)N/N=C/c1ccc(C)cc1. The molecule has 1 rings (SSSR count). The van der Waals surface area contributed by atoms with Gasteiger partial charge in [0.05, 0.1) is 6.21 Å². The summed E-state index contributed by atoms with van der Waals surface area (Å²) >= 11 is 0. The van der Waals surface area contributed by atoms with Gasteiger partial charge in [-0.15, -0.1) is 0 Å². The second-order valence-electron chi connectivity index (χ2n) is 2.84. The van der Waals surface area contributed by atoms with Gasteiger partial charge in [-0.05, 0) is 12.5 Å². The molecule has 1 N–H and O–H groups in total. The first-order valence-electron chi connectivity index (χ1n) is 4.05. The molecule has 0 aliphatic heterocycles. The zero-order valence-electron chi connectivity index (χ0n) is 7.74. The van der Waals surface area contributed by atoms with Crippen molar-refractivity contribution in [2.75, 3.05) is 0 Å². The van der Waals surface area contributed by atoms with E-state index >= 15 is 0 Å². The molecule has 0 spiro atoms. The number of rotatable bonds is 2. The van der Waals surface area contributed by atoms with Crippen LogP contribution in [0.15, 0.2) is 29.4 Å². The van der Waals surface area contributed by atoms with E-state index in [1.807, 2.05) is 31.2 Å². The van der Waals surface area contributed by atoms with Crippen LogP contribution in [0.25, 0.3) is 0 Å². The molecule has 3 heteroatoms. The third-order valence-corrected chi connectivity index (χ3v) is 1.51. The van der Waals surface area contributed by atoms with E-state index in [-0.39, 0.29) is 5.91 Å². The molecule has 0 heterocycles. The van der Waals surface area contributed by atoms with Gasteiger partial charge in [0.25, 0.3) is 0 Å². The average Bonchev–Trinajstić information content (AvgIpc) is 2.08. The Hall–Kier alpha value is -1.64. The van der Waals surface area contributed by atoms with E-state index in [2.05, 4.69) is 10.5 Å². The zero-order valence-corrected chi connectivity index (χ0v) is 7.74. The van der Waals surface area contributed by atoms with E-state index < -0.39 is 0 Å². The largest absolute Gasteiger partial charge is 0.274 e. The van der Waals surface area contributed by atoms with Gasteiger partial charge in [-0.25, -0.2) is 5.43 Å². The minimum atomic E-state index is -0.164. The van der Waals surface area contributed by atoms with E-state index in [1.165, 1.54) is 12.5 Å². The number of amides is 1. The fourth-order valence-electron chi connectivity index (χ4n) is 0.850. The average molecular weight is 176 g/mol. The Kier molecular flexibility index (Phi) is 3.20. The second-order valence-corrected chi connectivity index (χ2v) is 2.84. The van der Waals surface area contributed by atoms with Gasteiger partial charge >= 0.3 is 0 Å². The highest BCUT2D eigenvalue weighted by Gasteiger charge is 1.87. The van der Waals surface area contributed by atoms with Crippen LogP contribution < -0.4 is 5.43 Å². The molecule has 0 bridgehead atoms. The van der Waals surface area contributed by atoms with E-state index in [9.17, 15) is 4.79 Å². The van der Waals surface area contributed by atoms with Crippen LogP contribution >= 0.6 is 0 Å². The topological polar surface area (TPSA) is 41.5 Å². The third-order valence-electron chi connectivity index (χ3n) is 1.51. The number of nitrogens with zero attached hydrogens (tertiary/aromatic N) is 1. The highest BCUT2D eigenvalue weighted by molar-refractivity contribution is 5.81. The van der Waals surface area contributed by atoms with Crippen LogP contribution in [0.5, 0.6) is 0 Å². The van der Waals surface area contributed by atoms with Crippen molar-refractivity contribution in [1.29, 1.82) is 0 Å². The lowest BCUT2D eigenvalue weighted by molar-refractivity contribution is -0.118. The summed E-state index contributed by atoms with van der Waals surface area (Å²) in [7, 11) is 0. The van der Waals surface area contributed by atoms with Gasteiger partial charge < -0.3 is 0 Å². The number of hydrogen-bond donors (Lipinski definition) is 1. The molecule has 1 aromatic carbocycles. The Balaban J connectivity index is 2.59. The molecule has 3 nitrogen and oxygen atoms in total. The summed E-state index contributed by atoms with van der Waals surface area (Å²) in [6, 6.07) is 7.88. The molecule has 0 saturated carbocycles. The summed E-state index contributed by atoms with van der Waals surface area (Å²) in [5.74, 6) is -0.164. The summed E-state index contributed by atoms with van der Waals surface area (Å²) in [4.78, 5) is 10.5. The Morgan fingerprint density at radius 1 is 1.38 bits per heavy atom. The predicted octanol–water partition coefficient (Wildman–Crippen LogP) is 1.47. The lowest BCUT2D eigenvalue weighted by atomic mass is 10.2. The fraction of sp³-hybridized carbons (Fsp3) is 0.200. The van der Waals surface area contributed by atoms with Crippen molar-refractivity contribution in [3.05, 3.63) is 35.4 Å². The van der Waals surface area contributed by atoms with Crippen molar-refractivity contribution in [2.24, 2.45) is 5.10 Å². The summed E-state index contributed by atoms with van der Waals surface area (Å²) in [6.45, 7) is 3.45. The van der Waals surface area contributed by atoms with E-state index in [1.54, 1.807) is 6.21 Å². The molecular formula is C10H12N2O. The lowest BCUT2D eigenvalue weighted by Gasteiger charge is -1.94. The van der Waals surface area contributed by atoms with Crippen molar-refractivity contribution in [1.82, 2.24) is 5.43 Å². The molecule has 0 saturated heterocycles. The van der Waals surface area contributed by atoms with Crippen molar-refractivity contribution >= 4 is 12.1 Å². The number of hydrazone groups is 1. The number of aryl methyl sites for hydroxylation is 1. The predicted molar refractivity (Wildman–Crippen MR) is 52.6 cm³/mol. The minimum absolute atomic E-state index is 0.164. The maximum atomic E-state index is 10.5. The van der Waals surface area contributed by atoms with Crippen LogP contribution in [0, 0.1) is 6.92 Å². The summed E-state index contributed by atoms with van der Waals surface area (Å²) in [5, 5.41) is 3.75. The van der Waals surface area contributed by atoms with Crippen LogP contribution in [0.2, 0.25) is 0 Å². The number of hydrogen-bond acceptors (Lipinski definition) is 2. The van der Waals surface area contributed by atoms with Crippen LogP contribution in [0.4, 0.5) is 0 Å². The molecule has 1 aromatic rings. The minimum Gasteiger partial charge on any atom is -0.274 e. The monoisotopic (exact) mass is 176 g/mol. The molecule has 0 radical (unpaired) electrons. The maximum Gasteiger partial charge on any atom is 0.236 e. The van der Waals surface area contributed by atoms with Gasteiger partial charge in [-0.1, -0.05) is 29.8 Å². The normalized spacial score (nSPS) is 10.3. The third kappa shape index (κ3) is 3.51. The van der Waals surface area contributed by atoms with Crippen LogP contribution in [0.3, 0.4) is 0 Å². The van der Waals surface area contributed by atoms with Gasteiger partial charge in [0, 0.05) is 6.92 Å². The molecule has 0 aromatic heterocycles. The van der Waals surface area contributed by atoms with Crippen molar-refractivity contribution in [2.45, 2.75) is 13.8 Å². The van der Waals surface area contributed by atoms with Crippen molar-refractivity contribution in [3.63, 3.8) is 0 Å². The smallest absolute Gasteiger partial charge is 0.236 e. The number of nitrogens with one attached hydrogen (secondary N) is 1. The molecule has 13 heavy (non-hydrogen) atoms. The second kappa shape index (κ2) is 4.40. The number of carbonyl (C=O) groups excluding carboxylic acids is 1. The van der Waals surface area contributed by atoms with Gasteiger partial charge in [0.15, 0.2) is 0 Å². The van der Waals surface area contributed by atoms with Gasteiger partial charge in [-0.3, -0.25) is 4.79 Å². The van der Waals surface area contributed by atoms with E-state index in [0.29, 0.717) is 0 Å². The fourth-order valence-corrected chi connectivity index (χ4v) is 0.850. The Labute approximate surface area is 77.5 Å². The highest BCUT2D eigenvalue weighted by Crippen LogP contribution is 1.99. The summed E-state index contributed by atoms with van der Waals surface area (Å²) in [6.07, 6.45) is 1.61.